The monoisotopic (exact) mass is 577 g/mol. The van der Waals surface area contributed by atoms with Gasteiger partial charge in [0.1, 0.15) is 11.8 Å². The maximum Gasteiger partial charge on any atom is 0.321 e. The topological polar surface area (TPSA) is 97.3 Å². The number of carbonyl (C=O) groups is 3. The molecule has 0 bridgehead atoms. The molecule has 0 aliphatic heterocycles. The van der Waals surface area contributed by atoms with Gasteiger partial charge in [-0.2, -0.15) is 8.78 Å². The van der Waals surface area contributed by atoms with Crippen LogP contribution in [0.3, 0.4) is 0 Å². The summed E-state index contributed by atoms with van der Waals surface area (Å²) in [5.74, 6) is -2.71. The first kappa shape index (κ1) is 34.7. The van der Waals surface area contributed by atoms with Gasteiger partial charge in [-0.25, -0.2) is 8.78 Å². The molecule has 222 valence electrons. The van der Waals surface area contributed by atoms with Crippen molar-refractivity contribution in [1.82, 2.24) is 15.2 Å². The molecule has 2 amide bonds. The van der Waals surface area contributed by atoms with E-state index in [1.165, 1.54) is 24.6 Å². The number of aldehydes is 1. The van der Waals surface area contributed by atoms with Crippen LogP contribution in [0.5, 0.6) is 0 Å². The molecule has 0 aliphatic carbocycles. The number of pyridine rings is 1. The second-order valence-corrected chi connectivity index (χ2v) is 8.85. The van der Waals surface area contributed by atoms with Gasteiger partial charge in [-0.05, 0) is 67.3 Å². The van der Waals surface area contributed by atoms with Crippen molar-refractivity contribution in [3.63, 3.8) is 0 Å². The number of aryl methyl sites for hydroxylation is 2. The zero-order valence-electron chi connectivity index (χ0n) is 23.6. The molecular formula is C30H35F4N3O4. The van der Waals surface area contributed by atoms with Crippen LogP contribution in [0, 0.1) is 25.5 Å². The summed E-state index contributed by atoms with van der Waals surface area (Å²) < 4.78 is 53.0. The average Bonchev–Trinajstić information content (AvgIpc) is 2.91. The molecule has 11 heteroatoms. The van der Waals surface area contributed by atoms with Crippen molar-refractivity contribution in [2.45, 2.75) is 60.1 Å². The normalized spacial score (nSPS) is 10.9. The number of rotatable bonds is 9. The molecule has 3 rings (SSSR count). The van der Waals surface area contributed by atoms with Crippen LogP contribution in [-0.4, -0.2) is 29.7 Å². The average molecular weight is 578 g/mol. The van der Waals surface area contributed by atoms with E-state index in [-0.39, 0.29) is 22.1 Å². The fourth-order valence-electron chi connectivity index (χ4n) is 3.83. The van der Waals surface area contributed by atoms with Gasteiger partial charge in [0.15, 0.2) is 11.6 Å². The van der Waals surface area contributed by atoms with Crippen LogP contribution in [0.1, 0.15) is 73.3 Å². The highest BCUT2D eigenvalue weighted by molar-refractivity contribution is 5.93. The van der Waals surface area contributed by atoms with Crippen LogP contribution < -0.4 is 16.2 Å². The van der Waals surface area contributed by atoms with E-state index in [4.69, 9.17) is 0 Å². The molecule has 3 aromatic rings. The molecule has 0 saturated carbocycles. The maximum atomic E-state index is 14.1. The summed E-state index contributed by atoms with van der Waals surface area (Å²) in [6.07, 6.45) is 2.99. The second kappa shape index (κ2) is 17.4. The van der Waals surface area contributed by atoms with Crippen molar-refractivity contribution in [3.8, 4) is 11.1 Å². The van der Waals surface area contributed by atoms with E-state index in [0.717, 1.165) is 29.0 Å². The largest absolute Gasteiger partial charge is 0.352 e. The molecule has 41 heavy (non-hydrogen) atoms. The molecule has 0 radical (unpaired) electrons. The Morgan fingerprint density at radius 3 is 2.12 bits per heavy atom. The molecule has 0 fully saturated rings. The number of benzene rings is 2. The molecule has 1 unspecified atom stereocenters. The molecule has 1 atom stereocenters. The summed E-state index contributed by atoms with van der Waals surface area (Å²) in [6.45, 7) is 7.09. The predicted molar refractivity (Wildman–Crippen MR) is 150 cm³/mol. The lowest BCUT2D eigenvalue weighted by Crippen LogP contribution is -2.32. The molecular weight excluding hydrogens is 542 g/mol. The second-order valence-electron chi connectivity index (χ2n) is 8.85. The van der Waals surface area contributed by atoms with Gasteiger partial charge >= 0.3 is 6.55 Å². The first-order valence-corrected chi connectivity index (χ1v) is 12.9. The third kappa shape index (κ3) is 9.70. The summed E-state index contributed by atoms with van der Waals surface area (Å²) in [5, 5.41) is 4.73. The van der Waals surface area contributed by atoms with Gasteiger partial charge in [0, 0.05) is 24.7 Å². The van der Waals surface area contributed by atoms with Crippen LogP contribution in [0.25, 0.3) is 11.1 Å². The summed E-state index contributed by atoms with van der Waals surface area (Å²) >= 11 is 0. The Hall–Kier alpha value is -4.28. The predicted octanol–water partition coefficient (Wildman–Crippen LogP) is 6.03. The minimum absolute atomic E-state index is 0.0400. The van der Waals surface area contributed by atoms with Crippen molar-refractivity contribution >= 4 is 18.6 Å². The number of halogens is 4. The molecule has 1 aromatic heterocycles. The highest BCUT2D eigenvalue weighted by Gasteiger charge is 2.21. The third-order valence-electron chi connectivity index (χ3n) is 5.57. The number of amides is 2. The maximum absolute atomic E-state index is 14.1. The Balaban J connectivity index is 0.000000402. The quantitative estimate of drug-likeness (QED) is 0.240. The van der Waals surface area contributed by atoms with Gasteiger partial charge in [-0.1, -0.05) is 38.5 Å². The molecule has 0 aliphatic rings. The van der Waals surface area contributed by atoms with Crippen molar-refractivity contribution in [1.29, 1.82) is 0 Å². The molecule has 7 nitrogen and oxygen atoms in total. The molecule has 1 heterocycles. The van der Waals surface area contributed by atoms with E-state index in [0.29, 0.717) is 24.8 Å². The van der Waals surface area contributed by atoms with Crippen molar-refractivity contribution in [3.05, 3.63) is 92.9 Å². The van der Waals surface area contributed by atoms with E-state index < -0.39 is 35.7 Å². The first-order valence-electron chi connectivity index (χ1n) is 12.9. The number of aromatic nitrogens is 1. The van der Waals surface area contributed by atoms with Crippen LogP contribution in [-0.2, 0) is 9.59 Å². The third-order valence-corrected chi connectivity index (χ3v) is 5.57. The van der Waals surface area contributed by atoms with E-state index in [1.54, 1.807) is 6.92 Å². The van der Waals surface area contributed by atoms with Gasteiger partial charge in [0.2, 0.25) is 6.41 Å². The Morgan fingerprint density at radius 1 is 1.00 bits per heavy atom. The van der Waals surface area contributed by atoms with E-state index in [1.807, 2.05) is 32.0 Å². The van der Waals surface area contributed by atoms with Crippen LogP contribution in [0.2, 0.25) is 0 Å². The van der Waals surface area contributed by atoms with Crippen LogP contribution in [0.15, 0.2) is 53.5 Å². The van der Waals surface area contributed by atoms with Crippen molar-refractivity contribution in [2.24, 2.45) is 0 Å². The van der Waals surface area contributed by atoms with Crippen molar-refractivity contribution in [2.75, 3.05) is 6.54 Å². The fourth-order valence-corrected chi connectivity index (χ4v) is 3.83. The molecule has 0 saturated heterocycles. The van der Waals surface area contributed by atoms with Crippen molar-refractivity contribution < 1.29 is 31.9 Å². The number of nitrogens with zero attached hydrogens (tertiary/aromatic N) is 1. The number of carbonyl (C=O) groups excluding carboxylic acids is 3. The molecule has 0 spiro atoms. The number of hydrogen-bond donors (Lipinski definition) is 2. The Morgan fingerprint density at radius 2 is 1.61 bits per heavy atom. The van der Waals surface area contributed by atoms with Crippen LogP contribution >= 0.6 is 0 Å². The summed E-state index contributed by atoms with van der Waals surface area (Å²) in [7, 11) is 0. The number of hydrogen-bond acceptors (Lipinski definition) is 4. The minimum Gasteiger partial charge on any atom is -0.352 e. The summed E-state index contributed by atoms with van der Waals surface area (Å²) in [6, 6.07) is 9.82. The summed E-state index contributed by atoms with van der Waals surface area (Å²) in [5.41, 5.74) is 1.87. The zero-order valence-corrected chi connectivity index (χ0v) is 23.6. The minimum atomic E-state index is -2.94. The number of nitrogens with one attached hydrogen (secondary N) is 2. The lowest BCUT2D eigenvalue weighted by atomic mass is 9.92. The highest BCUT2D eigenvalue weighted by Crippen LogP contribution is 2.32. The molecule has 2 N–H and O–H groups in total. The standard InChI is InChI=1S/C18H17F2NO2.C9H10F2N2O2.C3H8/c1-11-4-3-5-12(2)17(11)13-8-14(18(20)15(19)9-13)16(6-7-22)21-10-23;1-2-12-7(14)6-4-3-5-13(8(6)15)9(10)11;1-3-2/h3-5,7-10,16H,6H2,1-2H3,(H,21,23);3-5,9H,2H2,1H3,(H,12,14);3H2,1-2H3. The van der Waals surface area contributed by atoms with E-state index in [9.17, 15) is 36.7 Å². The first-order chi connectivity index (χ1) is 19.5. The molecule has 2 aromatic carbocycles. The van der Waals surface area contributed by atoms with Gasteiger partial charge in [-0.15, -0.1) is 0 Å². The SMILES string of the molecule is CCC.CCNC(=O)c1cccn(C(F)F)c1=O.Cc1cccc(C)c1-c1cc(F)c(F)c(C(CC=O)NC=O)c1. The van der Waals surface area contributed by atoms with Gasteiger partial charge in [0.05, 0.1) is 6.04 Å². The van der Waals surface area contributed by atoms with Gasteiger partial charge in [-0.3, -0.25) is 19.0 Å². The van der Waals surface area contributed by atoms with Gasteiger partial charge in [0.25, 0.3) is 11.5 Å². The summed E-state index contributed by atoms with van der Waals surface area (Å²) in [4.78, 5) is 44.0. The lowest BCUT2D eigenvalue weighted by molar-refractivity contribution is -0.111. The van der Waals surface area contributed by atoms with Crippen LogP contribution in [0.4, 0.5) is 17.6 Å². The van der Waals surface area contributed by atoms with E-state index >= 15 is 0 Å². The fraction of sp³-hybridized carbons (Fsp3) is 0.333. The Labute approximate surface area is 236 Å². The Bertz CT molecular complexity index is 1350. The smallest absolute Gasteiger partial charge is 0.321 e. The van der Waals surface area contributed by atoms with Gasteiger partial charge < -0.3 is 15.4 Å². The zero-order chi connectivity index (χ0) is 31.1. The Kier molecular flexibility index (Phi) is 14.8. The van der Waals surface area contributed by atoms with E-state index in [2.05, 4.69) is 24.5 Å². The number of alkyl halides is 2. The highest BCUT2D eigenvalue weighted by atomic mass is 19.3. The lowest BCUT2D eigenvalue weighted by Gasteiger charge is -2.18.